The lowest BCUT2D eigenvalue weighted by Crippen LogP contribution is -2.33. The van der Waals surface area contributed by atoms with Gasteiger partial charge in [0.2, 0.25) is 0 Å². The van der Waals surface area contributed by atoms with Gasteiger partial charge in [0.15, 0.2) is 88.6 Å². The Kier molecular flexibility index (Phi) is 24.7. The summed E-state index contributed by atoms with van der Waals surface area (Å²) in [6.07, 6.45) is -25.0. The van der Waals surface area contributed by atoms with Crippen LogP contribution in [0.3, 0.4) is 0 Å². The number of nitrogens with one attached hydrogen (secondary N) is 4. The molecule has 16 N–H and O–H groups in total. The van der Waals surface area contributed by atoms with Gasteiger partial charge >= 0.3 is 0 Å². The summed E-state index contributed by atoms with van der Waals surface area (Å²) in [6.45, 7) is -3.08. The van der Waals surface area contributed by atoms with E-state index in [1.807, 2.05) is 0 Å². The van der Waals surface area contributed by atoms with Crippen LogP contribution in [0.2, 0.25) is 0 Å². The number of aryl methyl sites for hydroxylation is 4. The molecule has 0 amide bonds. The first-order valence-electron chi connectivity index (χ1n) is 59.5. The molecule has 8 fully saturated rings. The highest BCUT2D eigenvalue weighted by Crippen LogP contribution is 2.50. The van der Waals surface area contributed by atoms with Crippen LogP contribution >= 0.6 is 47.0 Å². The summed E-state index contributed by atoms with van der Waals surface area (Å²) < 4.78 is 307. The summed E-state index contributed by atoms with van der Waals surface area (Å²) in [5, 5.41) is 167. The summed E-state index contributed by atoms with van der Waals surface area (Å²) in [6, 6.07) is 12.1. The van der Waals surface area contributed by atoms with Crippen LogP contribution < -0.4 is 21.3 Å². The predicted molar refractivity (Wildman–Crippen MR) is 530 cm³/mol. The third-order valence-corrected chi connectivity index (χ3v) is 28.0. The zero-order chi connectivity index (χ0) is 127. The van der Waals surface area contributed by atoms with Gasteiger partial charge in [0, 0.05) is 124 Å². The molecule has 0 spiro atoms. The van der Waals surface area contributed by atoms with Gasteiger partial charge in [-0.25, -0.2) is 76.2 Å². The van der Waals surface area contributed by atoms with Gasteiger partial charge in [0.25, 0.3) is 0 Å². The van der Waals surface area contributed by atoms with Crippen molar-refractivity contribution in [2.75, 3.05) is 96.8 Å². The predicted octanol–water partition coefficient (Wildman–Crippen LogP) is 8.73. The van der Waals surface area contributed by atoms with Crippen molar-refractivity contribution in [3.8, 4) is 0 Å². The van der Waals surface area contributed by atoms with Crippen LogP contribution in [-0.2, 0) is 18.9 Å². The molecule has 4 aromatic carbocycles. The molecule has 8 aliphatic rings. The molecule has 40 nitrogen and oxygen atoms in total. The Labute approximate surface area is 883 Å². The van der Waals surface area contributed by atoms with E-state index in [4.69, 9.17) is 62.4 Å². The lowest BCUT2D eigenvalue weighted by Gasteiger charge is -2.17. The largest absolute Gasteiger partial charge is 0.394 e. The van der Waals surface area contributed by atoms with Gasteiger partial charge in [-0.2, -0.15) is 0 Å². The third-order valence-electron chi connectivity index (χ3n) is 25.3. The lowest BCUT2D eigenvalue weighted by molar-refractivity contribution is -0.0629. The van der Waals surface area contributed by atoms with Crippen LogP contribution in [0.5, 0.6) is 0 Å². The van der Waals surface area contributed by atoms with Crippen LogP contribution in [0.1, 0.15) is 235 Å². The minimum Gasteiger partial charge on any atom is -0.394 e. The number of aliphatic hydroxyl groups excluding tert-OH is 10. The molecule has 12 aromatic rings. The standard InChI is InChI=1S/4C24H31FN6O4S/c4*1-3-8-36-24-27-22(26-16-10-14(16)13-5-4-12(2)15(25)9-13)19-23(28-24)31(30-29-19)17-11-18(35-7-6-32)21(34)20(17)33/h4*4-5,9,14,16-18,20-21,32-34H,3,6-8,10-11H2,1-2H3,(H,26,27,28)/t4*14-,16+,17+,18-,20-,21+/m0000/s1/i3D2,6D2,7D2,8D2,14D;3D2,7D2,8D2,14D;3D2,6D2,8D2,14D;3D2,8D2,14D. The second-order valence-electron chi connectivity index (χ2n) is 34.7. The molecule has 0 saturated heterocycles. The highest BCUT2D eigenvalue weighted by Gasteiger charge is 2.51. The number of nitrogens with zero attached hydrogens (tertiary/aromatic N) is 20. The molecule has 8 aliphatic carbocycles. The Morgan fingerprint density at radius 1 is 0.340 bits per heavy atom. The zero-order valence-electron chi connectivity index (χ0n) is 106. The number of ether oxygens (including phenoxy) is 4. The molecule has 144 heavy (non-hydrogen) atoms. The van der Waals surface area contributed by atoms with Crippen molar-refractivity contribution >= 4 is 115 Å². The van der Waals surface area contributed by atoms with Crippen LogP contribution in [0.15, 0.2) is 93.4 Å². The fourth-order valence-electron chi connectivity index (χ4n) is 17.4. The first-order chi connectivity index (χ1) is 79.4. The van der Waals surface area contributed by atoms with E-state index in [-0.39, 0.29) is 140 Å². The maximum Gasteiger partial charge on any atom is 0.191 e. The maximum absolute atomic E-state index is 14.3. The van der Waals surface area contributed by atoms with Gasteiger partial charge in [-0.3, -0.25) is 0 Å². The molecule has 8 aromatic heterocycles. The van der Waals surface area contributed by atoms with E-state index in [9.17, 15) is 73.7 Å². The highest BCUT2D eigenvalue weighted by molar-refractivity contribution is 7.99. The second-order valence-corrected chi connectivity index (χ2v) is 37.8. The molecule has 8 heterocycles. The summed E-state index contributed by atoms with van der Waals surface area (Å²) in [7, 11) is 0. The number of aliphatic hydroxyl groups is 12. The van der Waals surface area contributed by atoms with Gasteiger partial charge < -0.3 is 101 Å². The van der Waals surface area contributed by atoms with E-state index in [0.717, 1.165) is 32.4 Å². The van der Waals surface area contributed by atoms with Gasteiger partial charge in [-0.05, 0) is 148 Å². The third kappa shape index (κ3) is 23.8. The molecule has 0 unspecified atom stereocenters. The van der Waals surface area contributed by atoms with Gasteiger partial charge in [-0.1, -0.05) is 144 Å². The topological polar surface area (TPSA) is 554 Å². The van der Waals surface area contributed by atoms with Gasteiger partial charge in [0.05, 0.1) is 112 Å². The quantitative estimate of drug-likeness (QED) is 0.00969. The first kappa shape index (κ1) is 75.2. The number of halogens is 4. The van der Waals surface area contributed by atoms with Crippen molar-refractivity contribution in [3.63, 3.8) is 0 Å². The second kappa shape index (κ2) is 47.3. The Balaban J connectivity index is 0.000000152. The fourth-order valence-corrected chi connectivity index (χ4v) is 19.3. The average molecular weight is 2100 g/mol. The van der Waals surface area contributed by atoms with E-state index >= 15 is 0 Å². The Morgan fingerprint density at radius 3 is 0.833 bits per heavy atom. The molecule has 20 rings (SSSR count). The first-order valence-corrected chi connectivity index (χ1v) is 48.8. The van der Waals surface area contributed by atoms with Crippen LogP contribution in [0, 0.1) is 51.0 Å². The van der Waals surface area contributed by atoms with Crippen molar-refractivity contribution < 1.29 is 136 Å². The maximum atomic E-state index is 14.3. The van der Waals surface area contributed by atoms with Crippen LogP contribution in [-0.4, -0.2) is 334 Å². The number of anilines is 4. The molecule has 0 bridgehead atoms. The van der Waals surface area contributed by atoms with E-state index in [2.05, 4.69) is 102 Å². The van der Waals surface area contributed by atoms with E-state index in [1.54, 1.807) is 76.2 Å². The van der Waals surface area contributed by atoms with E-state index in [0.29, 0.717) is 104 Å². The highest BCUT2D eigenvalue weighted by atomic mass is 32.2. The summed E-state index contributed by atoms with van der Waals surface area (Å²) in [5.41, 5.74) is -5.99. The number of aromatic nitrogens is 20. The SMILES string of the molecule is [2H]C([2H])(C)C([2H])([2H])Sc1nc(N[C@@H]2C[C@@]2([2H])c2ccc(C)c(F)c2)c2nnn([C@@H]3C[C@H](OC([2H])([2H])C([2H])([2H])O)[C@@H](O)[C@H]3O)c2n1.[2H]C([2H])(C)C([2H])([2H])Sc1nc(N[C@@H]2C[C@@]2([2H])c2ccc(C)c(F)c2)c2nnn([C@@H]3C[C@H](OCCO)[C@@H](O)[C@H]3O)c2n1.[2H]C([2H])(CO)O[C@H]1C[C@@H](n2nnc3c(N[C@@H]4C[C@@]4([2H])c4ccc(C)c(F)c4)nc(SC([2H])([2H])C([2H])([2H])C)nc32)[C@H](O)[C@@H]1O.[2H]C([2H])(O)CO[C@H]1C[C@@H](n2nnc3c(N[C@@H]4C[C@@]4([2H])c4ccc(C)c(F)c4)nc(SC([2H])([2H])C([2H])([2H])C)nc32)[C@H](O)[C@@H]1O. The number of fused-ring (bicyclic) bond motifs is 4. The number of rotatable bonds is 40. The average Bonchev–Trinajstić information content (AvgIpc) is 1.58. The van der Waals surface area contributed by atoms with Crippen molar-refractivity contribution in [3.05, 3.63) is 141 Å². The molecule has 0 radical (unpaired) electrons. The number of hydrogen-bond donors (Lipinski definition) is 16. The molecule has 776 valence electrons. The normalized spacial score (nSPS) is 33.7. The van der Waals surface area contributed by atoms with Gasteiger partial charge in [0.1, 0.15) is 72.1 Å². The number of thioether (sulfide) groups is 4. The zero-order valence-corrected chi connectivity index (χ0v) is 81.3. The van der Waals surface area contributed by atoms with E-state index in [1.165, 1.54) is 38.3 Å². The summed E-state index contributed by atoms with van der Waals surface area (Å²) >= 11 is 1.67. The van der Waals surface area contributed by atoms with Crippen molar-refractivity contribution in [1.29, 1.82) is 0 Å². The van der Waals surface area contributed by atoms with Crippen LogP contribution in [0.4, 0.5) is 40.8 Å². The lowest BCUT2D eigenvalue weighted by atomic mass is 10.1. The molecular formula is C96H124F4N24O16S4. The van der Waals surface area contributed by atoms with Crippen molar-refractivity contribution in [2.45, 2.75) is 298 Å². The number of hydrogen-bond acceptors (Lipinski definition) is 40. The molecule has 8 saturated carbocycles. The minimum absolute atomic E-state index is 0.00133. The molecular weight excluding hydrogens is 1950 g/mol. The summed E-state index contributed by atoms with van der Waals surface area (Å²) in [5.74, 6) is -6.33. The minimum atomic E-state index is -3.43. The smallest absolute Gasteiger partial charge is 0.191 e. The van der Waals surface area contributed by atoms with Crippen molar-refractivity contribution in [2.24, 2.45) is 0 Å². The Bertz CT molecular complexity index is 7900. The molecule has 48 heteroatoms. The molecule has 24 atom stereocenters. The summed E-state index contributed by atoms with van der Waals surface area (Å²) in [4.78, 5) is 34.9. The monoisotopic (exact) mass is 2100 g/mol. The Hall–Kier alpha value is -9.52. The van der Waals surface area contributed by atoms with Crippen LogP contribution in [0.25, 0.3) is 44.7 Å². The molecule has 0 aliphatic heterocycles. The van der Waals surface area contributed by atoms with Crippen molar-refractivity contribution in [1.82, 2.24) is 99.8 Å². The Morgan fingerprint density at radius 2 is 0.597 bits per heavy atom. The van der Waals surface area contributed by atoms with E-state index < -0.39 is 256 Å². The number of benzene rings is 4. The fraction of sp³-hybridized carbons (Fsp3) is 0.583. The van der Waals surface area contributed by atoms with Gasteiger partial charge in [-0.15, -0.1) is 20.4 Å².